The number of aryl methyl sites for hydroxylation is 1. The molecule has 0 saturated heterocycles. The van der Waals surface area contributed by atoms with E-state index >= 15 is 0 Å². The summed E-state index contributed by atoms with van der Waals surface area (Å²) in [6.07, 6.45) is 1.96. The molecule has 1 aromatic heterocycles. The molecule has 5 nitrogen and oxygen atoms in total. The van der Waals surface area contributed by atoms with Crippen LogP contribution in [0.4, 0.5) is 0 Å². The van der Waals surface area contributed by atoms with E-state index in [-0.39, 0.29) is 11.4 Å². The van der Waals surface area contributed by atoms with E-state index in [9.17, 15) is 4.79 Å². The van der Waals surface area contributed by atoms with Crippen molar-refractivity contribution in [3.8, 4) is 0 Å². The highest BCUT2D eigenvalue weighted by Gasteiger charge is 2.15. The summed E-state index contributed by atoms with van der Waals surface area (Å²) in [4.78, 5) is 11.7. The predicted molar refractivity (Wildman–Crippen MR) is 73.6 cm³/mol. The summed E-state index contributed by atoms with van der Waals surface area (Å²) in [5.74, 6) is 1.36. The van der Waals surface area contributed by atoms with Gasteiger partial charge in [-0.15, -0.1) is 10.2 Å². The molecule has 0 aliphatic rings. The number of nitrogens with zero attached hydrogens (tertiary/aromatic N) is 3. The molecule has 0 aromatic carbocycles. The molecule has 0 bridgehead atoms. The van der Waals surface area contributed by atoms with Crippen LogP contribution in [-0.2, 0) is 18.3 Å². The number of thioether (sulfide) groups is 1. The zero-order chi connectivity index (χ0) is 13.8. The summed E-state index contributed by atoms with van der Waals surface area (Å²) in [7, 11) is 1.94. The molecule has 1 rings (SSSR count). The molecule has 0 fully saturated rings. The first-order valence-electron chi connectivity index (χ1n) is 6.15. The molecule has 18 heavy (non-hydrogen) atoms. The molecule has 0 aliphatic carbocycles. The monoisotopic (exact) mass is 270 g/mol. The van der Waals surface area contributed by atoms with Crippen LogP contribution in [-0.4, -0.2) is 32.0 Å². The number of amides is 1. The van der Waals surface area contributed by atoms with Gasteiger partial charge in [-0.2, -0.15) is 0 Å². The van der Waals surface area contributed by atoms with Crippen LogP contribution in [0.25, 0.3) is 0 Å². The predicted octanol–water partition coefficient (Wildman–Crippen LogP) is 1.77. The minimum absolute atomic E-state index is 0.0209. The van der Waals surface area contributed by atoms with Crippen molar-refractivity contribution in [3.05, 3.63) is 5.82 Å². The SMILES string of the molecule is CCCc1nnc(SCC(=O)NC(C)(C)C)n1C. The van der Waals surface area contributed by atoms with Crippen molar-refractivity contribution in [2.45, 2.75) is 51.2 Å². The highest BCUT2D eigenvalue weighted by Crippen LogP contribution is 2.16. The van der Waals surface area contributed by atoms with Crippen molar-refractivity contribution in [1.82, 2.24) is 20.1 Å². The molecule has 1 heterocycles. The summed E-state index contributed by atoms with van der Waals surface area (Å²) in [6.45, 7) is 8.02. The fourth-order valence-electron chi connectivity index (χ4n) is 1.50. The van der Waals surface area contributed by atoms with E-state index in [4.69, 9.17) is 0 Å². The molecule has 0 spiro atoms. The van der Waals surface area contributed by atoms with Gasteiger partial charge in [0.15, 0.2) is 5.16 Å². The topological polar surface area (TPSA) is 59.8 Å². The lowest BCUT2D eigenvalue weighted by Gasteiger charge is -2.20. The summed E-state index contributed by atoms with van der Waals surface area (Å²) in [5.41, 5.74) is -0.190. The van der Waals surface area contributed by atoms with Crippen LogP contribution in [0.2, 0.25) is 0 Å². The lowest BCUT2D eigenvalue weighted by Crippen LogP contribution is -2.41. The largest absolute Gasteiger partial charge is 0.351 e. The van der Waals surface area contributed by atoms with Crippen molar-refractivity contribution in [2.24, 2.45) is 7.05 Å². The zero-order valence-electron chi connectivity index (χ0n) is 11.8. The average Bonchev–Trinajstić information content (AvgIpc) is 2.56. The van der Waals surface area contributed by atoms with E-state index in [1.807, 2.05) is 32.4 Å². The quantitative estimate of drug-likeness (QED) is 0.829. The van der Waals surface area contributed by atoms with Crippen molar-refractivity contribution in [2.75, 3.05) is 5.75 Å². The summed E-state index contributed by atoms with van der Waals surface area (Å²) in [6, 6.07) is 0. The standard InChI is InChI=1S/C12H22N4OS/c1-6-7-9-14-15-11(16(9)5)18-8-10(17)13-12(2,3)4/h6-8H2,1-5H3,(H,13,17). The van der Waals surface area contributed by atoms with Crippen molar-refractivity contribution in [3.63, 3.8) is 0 Å². The Morgan fingerprint density at radius 2 is 2.06 bits per heavy atom. The van der Waals surface area contributed by atoms with Crippen molar-refractivity contribution in [1.29, 1.82) is 0 Å². The van der Waals surface area contributed by atoms with Crippen LogP contribution in [0.3, 0.4) is 0 Å². The molecule has 0 aliphatic heterocycles. The highest BCUT2D eigenvalue weighted by molar-refractivity contribution is 7.99. The first kappa shape index (κ1) is 15.0. The Balaban J connectivity index is 2.51. The van der Waals surface area contributed by atoms with E-state index in [1.165, 1.54) is 11.8 Å². The average molecular weight is 270 g/mol. The minimum Gasteiger partial charge on any atom is -0.351 e. The van der Waals surface area contributed by atoms with Gasteiger partial charge in [0.2, 0.25) is 5.91 Å². The minimum atomic E-state index is -0.190. The Morgan fingerprint density at radius 1 is 1.39 bits per heavy atom. The van der Waals surface area contributed by atoms with Gasteiger partial charge < -0.3 is 9.88 Å². The Hall–Kier alpha value is -1.04. The van der Waals surface area contributed by atoms with E-state index in [1.54, 1.807) is 0 Å². The zero-order valence-corrected chi connectivity index (χ0v) is 12.6. The van der Waals surface area contributed by atoms with Gasteiger partial charge in [-0.1, -0.05) is 18.7 Å². The van der Waals surface area contributed by atoms with Gasteiger partial charge in [0, 0.05) is 19.0 Å². The number of hydrogen-bond donors (Lipinski definition) is 1. The number of hydrogen-bond acceptors (Lipinski definition) is 4. The molecular weight excluding hydrogens is 248 g/mol. The lowest BCUT2D eigenvalue weighted by molar-refractivity contribution is -0.119. The fraction of sp³-hybridized carbons (Fsp3) is 0.750. The Bertz CT molecular complexity index is 409. The molecule has 1 amide bonds. The van der Waals surface area contributed by atoms with Crippen LogP contribution < -0.4 is 5.32 Å². The van der Waals surface area contributed by atoms with Gasteiger partial charge >= 0.3 is 0 Å². The van der Waals surface area contributed by atoms with Crippen LogP contribution in [0.15, 0.2) is 5.16 Å². The number of aromatic nitrogens is 3. The van der Waals surface area contributed by atoms with E-state index in [0.717, 1.165) is 23.8 Å². The van der Waals surface area contributed by atoms with E-state index in [0.29, 0.717) is 5.75 Å². The molecule has 0 radical (unpaired) electrons. The van der Waals surface area contributed by atoms with Gasteiger partial charge in [-0.3, -0.25) is 4.79 Å². The smallest absolute Gasteiger partial charge is 0.230 e. The molecule has 0 unspecified atom stereocenters. The molecule has 0 atom stereocenters. The molecule has 0 saturated carbocycles. The highest BCUT2D eigenvalue weighted by atomic mass is 32.2. The molecular formula is C12H22N4OS. The third-order valence-corrected chi connectivity index (χ3v) is 3.27. The van der Waals surface area contributed by atoms with Crippen molar-refractivity contribution >= 4 is 17.7 Å². The second kappa shape index (κ2) is 6.22. The van der Waals surface area contributed by atoms with Gasteiger partial charge in [0.25, 0.3) is 0 Å². The van der Waals surface area contributed by atoms with Gasteiger partial charge in [-0.25, -0.2) is 0 Å². The number of nitrogens with one attached hydrogen (secondary N) is 1. The Morgan fingerprint density at radius 3 is 2.61 bits per heavy atom. The van der Waals surface area contributed by atoms with Crippen LogP contribution in [0.5, 0.6) is 0 Å². The fourth-order valence-corrected chi connectivity index (χ4v) is 2.23. The maximum atomic E-state index is 11.7. The van der Waals surface area contributed by atoms with Crippen molar-refractivity contribution < 1.29 is 4.79 Å². The second-order valence-corrected chi connectivity index (χ2v) is 6.24. The van der Waals surface area contributed by atoms with Gasteiger partial charge in [-0.05, 0) is 27.2 Å². The van der Waals surface area contributed by atoms with Crippen LogP contribution >= 0.6 is 11.8 Å². The lowest BCUT2D eigenvalue weighted by atomic mass is 10.1. The Kier molecular flexibility index (Phi) is 5.19. The normalized spacial score (nSPS) is 11.6. The maximum absolute atomic E-state index is 11.7. The van der Waals surface area contributed by atoms with Crippen LogP contribution in [0.1, 0.15) is 39.9 Å². The summed E-state index contributed by atoms with van der Waals surface area (Å²) < 4.78 is 1.96. The third kappa shape index (κ3) is 4.68. The molecule has 1 aromatic rings. The number of carbonyl (C=O) groups is 1. The van der Waals surface area contributed by atoms with Crippen LogP contribution in [0, 0.1) is 0 Å². The molecule has 102 valence electrons. The Labute approximate surface area is 113 Å². The number of rotatable bonds is 5. The third-order valence-electron chi connectivity index (χ3n) is 2.25. The second-order valence-electron chi connectivity index (χ2n) is 5.29. The first-order valence-corrected chi connectivity index (χ1v) is 7.14. The van der Waals surface area contributed by atoms with Gasteiger partial charge in [0.1, 0.15) is 5.82 Å². The van der Waals surface area contributed by atoms with E-state index in [2.05, 4.69) is 22.4 Å². The van der Waals surface area contributed by atoms with E-state index < -0.39 is 0 Å². The molecule has 6 heteroatoms. The first-order chi connectivity index (χ1) is 8.33. The summed E-state index contributed by atoms with van der Waals surface area (Å²) >= 11 is 1.42. The van der Waals surface area contributed by atoms with Gasteiger partial charge in [0.05, 0.1) is 5.75 Å². The summed E-state index contributed by atoms with van der Waals surface area (Å²) in [5, 5.41) is 11.9. The maximum Gasteiger partial charge on any atom is 0.230 e. The number of carbonyl (C=O) groups excluding carboxylic acids is 1. The molecule has 1 N–H and O–H groups in total.